The standard InChI is InChI=1S/C7H9O2/c1-4-5-9-7(8)6(2)3/h4-5H,1-2H2,3H3. The molecule has 0 atom stereocenters. The van der Waals surface area contributed by atoms with Gasteiger partial charge in [0.25, 0.3) is 0 Å². The van der Waals surface area contributed by atoms with Crippen LogP contribution < -0.4 is 0 Å². The van der Waals surface area contributed by atoms with E-state index in [4.69, 9.17) is 0 Å². The molecule has 0 bridgehead atoms. The van der Waals surface area contributed by atoms with Crippen LogP contribution in [0, 0.1) is 6.61 Å². The molecule has 0 heterocycles. The van der Waals surface area contributed by atoms with Crippen LogP contribution in [0.3, 0.4) is 0 Å². The first kappa shape index (κ1) is 7.95. The van der Waals surface area contributed by atoms with Crippen molar-refractivity contribution in [1.82, 2.24) is 0 Å². The summed E-state index contributed by atoms with van der Waals surface area (Å²) in [5, 5.41) is 0. The van der Waals surface area contributed by atoms with Crippen LogP contribution in [-0.2, 0) is 9.53 Å². The lowest BCUT2D eigenvalue weighted by molar-refractivity contribution is -0.134. The minimum absolute atomic E-state index is 0.383. The van der Waals surface area contributed by atoms with Gasteiger partial charge in [0.1, 0.15) is 0 Å². The van der Waals surface area contributed by atoms with E-state index in [1.165, 1.54) is 12.7 Å². The third-order valence-corrected chi connectivity index (χ3v) is 0.620. The van der Waals surface area contributed by atoms with Crippen LogP contribution >= 0.6 is 0 Å². The van der Waals surface area contributed by atoms with Crippen LogP contribution in [0.5, 0.6) is 0 Å². The summed E-state index contributed by atoms with van der Waals surface area (Å²) in [7, 11) is 0. The molecule has 0 aliphatic rings. The van der Waals surface area contributed by atoms with Crippen LogP contribution in [0.25, 0.3) is 0 Å². The normalized spacial score (nSPS) is 8.11. The van der Waals surface area contributed by atoms with Crippen molar-refractivity contribution in [3.05, 3.63) is 31.4 Å². The van der Waals surface area contributed by atoms with Gasteiger partial charge in [0.2, 0.25) is 0 Å². The second-order valence-electron chi connectivity index (χ2n) is 1.56. The molecule has 9 heavy (non-hydrogen) atoms. The Balaban J connectivity index is 3.51. The van der Waals surface area contributed by atoms with Gasteiger partial charge in [-0.3, -0.25) is 0 Å². The average molecular weight is 125 g/mol. The van der Waals surface area contributed by atoms with E-state index in [2.05, 4.69) is 17.9 Å². The second-order valence-corrected chi connectivity index (χ2v) is 1.56. The molecular weight excluding hydrogens is 116 g/mol. The molecule has 0 amide bonds. The summed E-state index contributed by atoms with van der Waals surface area (Å²) in [4.78, 5) is 10.5. The lowest BCUT2D eigenvalue weighted by Crippen LogP contribution is -2.00. The lowest BCUT2D eigenvalue weighted by atomic mass is 10.4. The van der Waals surface area contributed by atoms with Gasteiger partial charge in [-0.2, -0.15) is 0 Å². The smallest absolute Gasteiger partial charge is 0.333 e. The minimum Gasteiger partial charge on any atom is -0.450 e. The molecule has 1 radical (unpaired) electrons. The van der Waals surface area contributed by atoms with Gasteiger partial charge < -0.3 is 4.74 Å². The van der Waals surface area contributed by atoms with E-state index in [1.807, 2.05) is 0 Å². The number of hydrogen-bond donors (Lipinski definition) is 0. The molecule has 0 saturated carbocycles. The molecule has 0 aliphatic carbocycles. The zero-order valence-corrected chi connectivity index (χ0v) is 5.39. The first-order valence-electron chi connectivity index (χ1n) is 2.49. The Labute approximate surface area is 54.8 Å². The zero-order valence-electron chi connectivity index (χ0n) is 5.39. The van der Waals surface area contributed by atoms with Crippen molar-refractivity contribution < 1.29 is 9.53 Å². The Kier molecular flexibility index (Phi) is 3.44. The molecule has 0 aromatic heterocycles. The number of ether oxygens (including phenoxy) is 1. The van der Waals surface area contributed by atoms with E-state index in [1.54, 1.807) is 6.92 Å². The zero-order chi connectivity index (χ0) is 7.28. The van der Waals surface area contributed by atoms with Crippen LogP contribution in [0.15, 0.2) is 24.8 Å². The van der Waals surface area contributed by atoms with Crippen molar-refractivity contribution >= 4 is 5.97 Å². The molecule has 0 unspecified atom stereocenters. The number of rotatable bonds is 3. The Hall–Kier alpha value is -1.05. The molecule has 0 aliphatic heterocycles. The van der Waals surface area contributed by atoms with E-state index < -0.39 is 5.97 Å². The fourth-order valence-corrected chi connectivity index (χ4v) is 0.211. The molecule has 0 rings (SSSR count). The van der Waals surface area contributed by atoms with Gasteiger partial charge in [-0.25, -0.2) is 4.79 Å². The van der Waals surface area contributed by atoms with Crippen LogP contribution in [-0.4, -0.2) is 5.97 Å². The molecule has 0 aromatic carbocycles. The quantitative estimate of drug-likeness (QED) is 0.421. The Morgan fingerprint density at radius 2 is 2.22 bits per heavy atom. The highest BCUT2D eigenvalue weighted by Crippen LogP contribution is 1.93. The fourth-order valence-electron chi connectivity index (χ4n) is 0.211. The van der Waals surface area contributed by atoms with Crippen LogP contribution in [0.4, 0.5) is 0 Å². The summed E-state index contributed by atoms with van der Waals surface area (Å²) in [6, 6.07) is 0. The molecule has 0 saturated heterocycles. The predicted octanol–water partition coefficient (Wildman–Crippen LogP) is 1.45. The number of hydrogen-bond acceptors (Lipinski definition) is 2. The summed E-state index contributed by atoms with van der Waals surface area (Å²) in [5.41, 5.74) is 0.383. The highest BCUT2D eigenvalue weighted by molar-refractivity contribution is 5.87. The maximum atomic E-state index is 10.5. The van der Waals surface area contributed by atoms with Gasteiger partial charge in [0, 0.05) is 5.57 Å². The average Bonchev–Trinajstić information content (AvgIpc) is 1.82. The van der Waals surface area contributed by atoms with Crippen molar-refractivity contribution in [2.45, 2.75) is 6.92 Å². The highest BCUT2D eigenvalue weighted by atomic mass is 16.5. The number of carbonyl (C=O) groups excluding carboxylic acids is 1. The molecule has 0 N–H and O–H groups in total. The molecular formula is C7H9O2. The van der Waals surface area contributed by atoms with Crippen molar-refractivity contribution in [2.24, 2.45) is 0 Å². The van der Waals surface area contributed by atoms with Gasteiger partial charge >= 0.3 is 5.97 Å². The molecule has 0 aromatic rings. The third kappa shape index (κ3) is 3.53. The van der Waals surface area contributed by atoms with E-state index in [0.29, 0.717) is 5.57 Å². The van der Waals surface area contributed by atoms with E-state index >= 15 is 0 Å². The first-order chi connectivity index (χ1) is 4.18. The molecule has 0 spiro atoms. The van der Waals surface area contributed by atoms with Crippen molar-refractivity contribution in [2.75, 3.05) is 0 Å². The molecule has 0 fully saturated rings. The summed E-state index contributed by atoms with van der Waals surface area (Å²) < 4.78 is 4.47. The number of carbonyl (C=O) groups is 1. The van der Waals surface area contributed by atoms with Crippen LogP contribution in [0.2, 0.25) is 0 Å². The maximum Gasteiger partial charge on any atom is 0.333 e. The highest BCUT2D eigenvalue weighted by Gasteiger charge is 1.99. The van der Waals surface area contributed by atoms with Crippen molar-refractivity contribution in [1.29, 1.82) is 0 Å². The van der Waals surface area contributed by atoms with Crippen molar-refractivity contribution in [3.8, 4) is 0 Å². The first-order valence-corrected chi connectivity index (χ1v) is 2.49. The van der Waals surface area contributed by atoms with E-state index in [9.17, 15) is 4.79 Å². The fraction of sp³-hybridized carbons (Fsp3) is 0.143. The van der Waals surface area contributed by atoms with Gasteiger partial charge in [-0.05, 0) is 13.0 Å². The summed E-state index contributed by atoms with van der Waals surface area (Å²) >= 11 is 0. The molecule has 2 heteroatoms. The van der Waals surface area contributed by atoms with Gasteiger partial charge in [0.05, 0.1) is 0 Å². The SMILES string of the molecule is C=C[CH]OC(=O)C(=C)C. The predicted molar refractivity (Wildman–Crippen MR) is 35.4 cm³/mol. The van der Waals surface area contributed by atoms with Gasteiger partial charge in [0.15, 0.2) is 6.61 Å². The lowest BCUT2D eigenvalue weighted by Gasteiger charge is -1.96. The maximum absolute atomic E-state index is 10.5. The monoisotopic (exact) mass is 125 g/mol. The van der Waals surface area contributed by atoms with E-state index in [-0.39, 0.29) is 0 Å². The Morgan fingerprint density at radius 3 is 2.56 bits per heavy atom. The van der Waals surface area contributed by atoms with Gasteiger partial charge in [-0.15, -0.1) is 0 Å². The number of esters is 1. The topological polar surface area (TPSA) is 26.3 Å². The van der Waals surface area contributed by atoms with Crippen molar-refractivity contribution in [3.63, 3.8) is 0 Å². The van der Waals surface area contributed by atoms with Gasteiger partial charge in [-0.1, -0.05) is 13.2 Å². The Bertz CT molecular complexity index is 136. The third-order valence-electron chi connectivity index (χ3n) is 0.620. The summed E-state index contributed by atoms with van der Waals surface area (Å²) in [5.74, 6) is -0.421. The summed E-state index contributed by atoms with van der Waals surface area (Å²) in [6.07, 6.45) is 1.39. The minimum atomic E-state index is -0.421. The molecule has 2 nitrogen and oxygen atoms in total. The largest absolute Gasteiger partial charge is 0.450 e. The van der Waals surface area contributed by atoms with Crippen LogP contribution in [0.1, 0.15) is 6.92 Å². The Morgan fingerprint density at radius 1 is 1.67 bits per heavy atom. The molecule has 49 valence electrons. The second kappa shape index (κ2) is 3.89. The van der Waals surface area contributed by atoms with E-state index in [0.717, 1.165) is 0 Å². The summed E-state index contributed by atoms with van der Waals surface area (Å²) in [6.45, 7) is 9.51.